The van der Waals surface area contributed by atoms with Crippen molar-refractivity contribution in [2.75, 3.05) is 51.3 Å². The molecule has 0 spiro atoms. The van der Waals surface area contributed by atoms with Crippen LogP contribution in [0.1, 0.15) is 18.9 Å². The first kappa shape index (κ1) is 24.5. The second-order valence-corrected chi connectivity index (χ2v) is 7.83. The molecular formula is C25H31AcN3O2. The maximum atomic E-state index is 9.15. The molecule has 0 amide bonds. The summed E-state index contributed by atoms with van der Waals surface area (Å²) in [6.07, 6.45) is 1.54. The molecule has 2 heterocycles. The van der Waals surface area contributed by atoms with E-state index in [0.29, 0.717) is 0 Å². The average Bonchev–Trinajstić information content (AvgIpc) is 2.82. The number of hydrogen-bond acceptors (Lipinski definition) is 5. The topological polar surface area (TPSA) is 48.8 Å². The Hall–Kier alpha value is -1.19. The fraction of sp³-hybridized carbons (Fsp3) is 0.400. The van der Waals surface area contributed by atoms with Crippen molar-refractivity contribution in [3.8, 4) is 17.0 Å². The molecule has 0 aliphatic carbocycles. The van der Waals surface area contributed by atoms with E-state index in [4.69, 9.17) is 14.8 Å². The van der Waals surface area contributed by atoms with Crippen molar-refractivity contribution >= 4 is 16.6 Å². The number of ether oxygens (including phenoxy) is 1. The van der Waals surface area contributed by atoms with Crippen molar-refractivity contribution in [3.05, 3.63) is 54.1 Å². The molecule has 2 aromatic carbocycles. The normalized spacial score (nSPS) is 14.5. The summed E-state index contributed by atoms with van der Waals surface area (Å²) in [4.78, 5) is 10.0. The van der Waals surface area contributed by atoms with Crippen molar-refractivity contribution in [1.82, 2.24) is 9.88 Å². The van der Waals surface area contributed by atoms with E-state index in [9.17, 15) is 0 Å². The molecule has 3 aromatic rings. The summed E-state index contributed by atoms with van der Waals surface area (Å²) in [6, 6.07) is 17.0. The molecule has 31 heavy (non-hydrogen) atoms. The number of likely N-dealkylation sites (N-methyl/N-ethyl adjacent to an activating group) is 1. The van der Waals surface area contributed by atoms with E-state index in [2.05, 4.69) is 65.3 Å². The van der Waals surface area contributed by atoms with Gasteiger partial charge in [0.25, 0.3) is 0 Å². The Labute approximate surface area is 221 Å². The third-order valence-electron chi connectivity index (χ3n) is 6.03. The molecule has 0 bridgehead atoms. The molecule has 4 rings (SSSR count). The number of rotatable bonds is 7. The Morgan fingerprint density at radius 3 is 2.52 bits per heavy atom. The summed E-state index contributed by atoms with van der Waals surface area (Å²) in [6.45, 7) is 7.65. The number of aryl methyl sites for hydroxylation is 1. The van der Waals surface area contributed by atoms with E-state index in [1.165, 1.54) is 10.8 Å². The smallest absolute Gasteiger partial charge is 0.137 e. The molecular weight excluding hydrogens is 601 g/mol. The van der Waals surface area contributed by atoms with Crippen LogP contribution in [0.15, 0.2) is 48.5 Å². The number of aliphatic hydroxyl groups excluding tert-OH is 1. The summed E-state index contributed by atoms with van der Waals surface area (Å²) < 4.78 is 5.64. The minimum atomic E-state index is 0. The monoisotopic (exact) mass is 632 g/mol. The molecule has 1 aliphatic heterocycles. The van der Waals surface area contributed by atoms with E-state index in [0.717, 1.165) is 74.0 Å². The van der Waals surface area contributed by atoms with Gasteiger partial charge in [0.15, 0.2) is 0 Å². The van der Waals surface area contributed by atoms with Gasteiger partial charge in [-0.1, -0.05) is 43.3 Å². The molecule has 1 aliphatic rings. The van der Waals surface area contributed by atoms with Crippen LogP contribution in [-0.4, -0.2) is 61.4 Å². The number of benzene rings is 2. The minimum Gasteiger partial charge on any atom is -0.496 e. The van der Waals surface area contributed by atoms with Crippen LogP contribution in [0.3, 0.4) is 0 Å². The predicted molar refractivity (Wildman–Crippen MR) is 123 cm³/mol. The molecule has 1 aromatic heterocycles. The SMILES string of the molecule is CCN1CCN(c2nc(-c3ccc(CCCO)c(OC)c3)cc3ccccc23)CC1.[Ac]. The number of nitrogens with zero attached hydrogens (tertiary/aromatic N) is 3. The van der Waals surface area contributed by atoms with Gasteiger partial charge in [-0.15, -0.1) is 0 Å². The van der Waals surface area contributed by atoms with Gasteiger partial charge in [0, 0.05) is 87.8 Å². The largest absolute Gasteiger partial charge is 0.496 e. The molecule has 1 saturated heterocycles. The van der Waals surface area contributed by atoms with Crippen LogP contribution in [-0.2, 0) is 6.42 Å². The molecule has 0 saturated carbocycles. The number of anilines is 1. The standard InChI is InChI=1S/C25H31N3O2.Ac/c1-3-27-12-14-28(15-13-27)25-22-9-5-4-7-20(22)17-23(26-25)21-11-10-19(8-6-16-29)24(18-21)30-2;/h4-5,7,9-11,17-18,29H,3,6,8,12-16H2,1-2H3;. The molecule has 161 valence electrons. The number of piperazine rings is 1. The van der Waals surface area contributed by atoms with Crippen LogP contribution in [0.4, 0.5) is 5.82 Å². The molecule has 0 atom stereocenters. The number of aliphatic hydroxyl groups is 1. The molecule has 0 unspecified atom stereocenters. The zero-order valence-electron chi connectivity index (χ0n) is 18.6. The van der Waals surface area contributed by atoms with Crippen LogP contribution in [0.25, 0.3) is 22.0 Å². The predicted octanol–water partition coefficient (Wildman–Crippen LogP) is 3.98. The zero-order chi connectivity index (χ0) is 20.9. The van der Waals surface area contributed by atoms with Gasteiger partial charge >= 0.3 is 0 Å². The van der Waals surface area contributed by atoms with Crippen LogP contribution in [0, 0.1) is 44.1 Å². The number of pyridine rings is 1. The summed E-state index contributed by atoms with van der Waals surface area (Å²) in [5.74, 6) is 1.93. The van der Waals surface area contributed by atoms with Crippen molar-refractivity contribution < 1.29 is 53.9 Å². The van der Waals surface area contributed by atoms with Gasteiger partial charge in [-0.2, -0.15) is 0 Å². The maximum Gasteiger partial charge on any atom is 0.137 e. The van der Waals surface area contributed by atoms with E-state index >= 15 is 0 Å². The Balaban J connectivity index is 0.00000272. The van der Waals surface area contributed by atoms with Gasteiger partial charge in [0.1, 0.15) is 11.6 Å². The molecule has 1 N–H and O–H groups in total. The Morgan fingerprint density at radius 2 is 1.81 bits per heavy atom. The molecule has 5 nitrogen and oxygen atoms in total. The number of methoxy groups -OCH3 is 1. The molecule has 1 radical (unpaired) electrons. The first-order chi connectivity index (χ1) is 14.7. The van der Waals surface area contributed by atoms with Gasteiger partial charge in [0.2, 0.25) is 0 Å². The number of aromatic nitrogens is 1. The fourth-order valence-corrected chi connectivity index (χ4v) is 4.23. The van der Waals surface area contributed by atoms with E-state index in [1.54, 1.807) is 7.11 Å². The van der Waals surface area contributed by atoms with Gasteiger partial charge in [-0.25, -0.2) is 4.98 Å². The van der Waals surface area contributed by atoms with E-state index in [-0.39, 0.29) is 50.7 Å². The molecule has 6 heteroatoms. The van der Waals surface area contributed by atoms with Crippen molar-refractivity contribution in [1.29, 1.82) is 0 Å². The zero-order valence-corrected chi connectivity index (χ0v) is 23.3. The van der Waals surface area contributed by atoms with Gasteiger partial charge < -0.3 is 19.6 Å². The van der Waals surface area contributed by atoms with Crippen LogP contribution in [0.2, 0.25) is 0 Å². The average molecular weight is 633 g/mol. The van der Waals surface area contributed by atoms with Gasteiger partial charge in [-0.3, -0.25) is 0 Å². The minimum absolute atomic E-state index is 0. The second-order valence-electron chi connectivity index (χ2n) is 7.83. The van der Waals surface area contributed by atoms with Crippen molar-refractivity contribution in [2.45, 2.75) is 19.8 Å². The summed E-state index contributed by atoms with van der Waals surface area (Å²) in [7, 11) is 1.70. The van der Waals surface area contributed by atoms with Gasteiger partial charge in [0.05, 0.1) is 12.8 Å². The van der Waals surface area contributed by atoms with Crippen LogP contribution >= 0.6 is 0 Å². The van der Waals surface area contributed by atoms with Crippen LogP contribution in [0.5, 0.6) is 5.75 Å². The summed E-state index contributed by atoms with van der Waals surface area (Å²) in [5, 5.41) is 11.6. The number of fused-ring (bicyclic) bond motifs is 1. The quantitative estimate of drug-likeness (QED) is 0.428. The summed E-state index contributed by atoms with van der Waals surface area (Å²) >= 11 is 0. The Morgan fingerprint density at radius 1 is 1.03 bits per heavy atom. The van der Waals surface area contributed by atoms with Crippen LogP contribution < -0.4 is 9.64 Å². The van der Waals surface area contributed by atoms with E-state index in [1.807, 2.05) is 0 Å². The van der Waals surface area contributed by atoms with Gasteiger partial charge in [-0.05, 0) is 42.5 Å². The Kier molecular flexibility index (Phi) is 9.16. The third kappa shape index (κ3) is 5.60. The first-order valence-electron chi connectivity index (χ1n) is 10.9. The first-order valence-corrected chi connectivity index (χ1v) is 10.9. The molecule has 1 fully saturated rings. The van der Waals surface area contributed by atoms with Crippen molar-refractivity contribution in [3.63, 3.8) is 0 Å². The maximum absolute atomic E-state index is 9.15. The number of hydrogen-bond donors (Lipinski definition) is 1. The third-order valence-corrected chi connectivity index (χ3v) is 6.03. The summed E-state index contributed by atoms with van der Waals surface area (Å²) in [5.41, 5.74) is 3.14. The second kappa shape index (κ2) is 11.6. The Bertz CT molecular complexity index is 1000. The fourth-order valence-electron chi connectivity index (χ4n) is 4.23. The van der Waals surface area contributed by atoms with E-state index < -0.39 is 0 Å². The van der Waals surface area contributed by atoms with Crippen molar-refractivity contribution in [2.24, 2.45) is 0 Å².